The number of hydrogen-bond donors (Lipinski definition) is 2. The molecule has 0 bridgehead atoms. The first-order chi connectivity index (χ1) is 11.8. The lowest BCUT2D eigenvalue weighted by Gasteiger charge is -2.22. The number of nitrogens with zero attached hydrogens (tertiary/aromatic N) is 1. The van der Waals surface area contributed by atoms with E-state index in [0.717, 1.165) is 18.8 Å². The molecule has 6 heteroatoms. The molecular weight excluding hydrogens is 371 g/mol. The number of rotatable bonds is 15. The summed E-state index contributed by atoms with van der Waals surface area (Å²) in [5.41, 5.74) is 1.26. The minimum Gasteiger partial charge on any atom is -0.491 e. The highest BCUT2D eigenvalue weighted by molar-refractivity contribution is 5.85. The van der Waals surface area contributed by atoms with Gasteiger partial charge in [0.2, 0.25) is 0 Å². The van der Waals surface area contributed by atoms with Gasteiger partial charge >= 0.3 is 0 Å². The Morgan fingerprint density at radius 2 is 1.50 bits per heavy atom. The van der Waals surface area contributed by atoms with E-state index in [4.69, 9.17) is 9.84 Å². The second-order valence-corrected chi connectivity index (χ2v) is 6.30. The van der Waals surface area contributed by atoms with E-state index in [2.05, 4.69) is 36.2 Å². The molecule has 0 fully saturated rings. The number of benzene rings is 1. The van der Waals surface area contributed by atoms with E-state index in [1.54, 1.807) is 0 Å². The molecule has 0 saturated heterocycles. The van der Waals surface area contributed by atoms with Crippen molar-refractivity contribution < 1.29 is 9.84 Å². The Bertz CT molecular complexity index is 397. The van der Waals surface area contributed by atoms with Crippen LogP contribution < -0.4 is 10.1 Å². The lowest BCUT2D eigenvalue weighted by molar-refractivity contribution is 0.201. The van der Waals surface area contributed by atoms with Gasteiger partial charge in [0.25, 0.3) is 0 Å². The highest BCUT2D eigenvalue weighted by Gasteiger charge is 2.03. The minimum atomic E-state index is 0. The van der Waals surface area contributed by atoms with Crippen molar-refractivity contribution in [3.05, 3.63) is 29.8 Å². The Kier molecular flexibility index (Phi) is 20.5. The van der Waals surface area contributed by atoms with Crippen LogP contribution in [0.15, 0.2) is 24.3 Å². The molecule has 4 nitrogen and oxygen atoms in total. The van der Waals surface area contributed by atoms with Gasteiger partial charge in [-0.2, -0.15) is 0 Å². The zero-order valence-electron chi connectivity index (χ0n) is 16.4. The topological polar surface area (TPSA) is 44.7 Å². The standard InChI is InChI=1S/C20H36N2O2.2ClH/c1-3-5-13-22(14-6-4-2)15-7-12-21-18-19-8-10-20(11-9-19)24-17-16-23;;/h8-11,21,23H,3-7,12-18H2,1-2H3;2*1H. The maximum absolute atomic E-state index is 8.74. The van der Waals surface area contributed by atoms with Crippen molar-refractivity contribution in [2.45, 2.75) is 52.5 Å². The van der Waals surface area contributed by atoms with Crippen molar-refractivity contribution in [2.24, 2.45) is 0 Å². The molecule has 0 aliphatic rings. The molecule has 1 rings (SSSR count). The first-order valence-corrected chi connectivity index (χ1v) is 9.55. The van der Waals surface area contributed by atoms with Crippen LogP contribution in [-0.2, 0) is 6.54 Å². The van der Waals surface area contributed by atoms with Gasteiger partial charge in [-0.3, -0.25) is 0 Å². The van der Waals surface area contributed by atoms with E-state index in [0.29, 0.717) is 6.61 Å². The number of hydrogen-bond acceptors (Lipinski definition) is 4. The monoisotopic (exact) mass is 408 g/mol. The summed E-state index contributed by atoms with van der Waals surface area (Å²) in [6, 6.07) is 8.08. The van der Waals surface area contributed by atoms with E-state index in [-0.39, 0.29) is 31.4 Å². The molecule has 0 amide bonds. The van der Waals surface area contributed by atoms with Crippen LogP contribution >= 0.6 is 24.8 Å². The van der Waals surface area contributed by atoms with Crippen LogP contribution in [0.25, 0.3) is 0 Å². The Labute approximate surface area is 172 Å². The van der Waals surface area contributed by atoms with Gasteiger partial charge in [-0.1, -0.05) is 38.8 Å². The van der Waals surface area contributed by atoms with Gasteiger partial charge in [0.15, 0.2) is 0 Å². The normalized spacial score (nSPS) is 10.3. The van der Waals surface area contributed by atoms with E-state index in [1.165, 1.54) is 57.3 Å². The fourth-order valence-electron chi connectivity index (χ4n) is 2.63. The van der Waals surface area contributed by atoms with Crippen LogP contribution in [0.1, 0.15) is 51.5 Å². The Morgan fingerprint density at radius 3 is 2.04 bits per heavy atom. The summed E-state index contributed by atoms with van der Waals surface area (Å²) in [6.45, 7) is 10.6. The van der Waals surface area contributed by atoms with Gasteiger partial charge in [-0.15, -0.1) is 24.8 Å². The van der Waals surface area contributed by atoms with E-state index in [1.807, 2.05) is 12.1 Å². The summed E-state index contributed by atoms with van der Waals surface area (Å²) in [6.07, 6.45) is 6.37. The summed E-state index contributed by atoms with van der Waals surface area (Å²) < 4.78 is 5.37. The summed E-state index contributed by atoms with van der Waals surface area (Å²) >= 11 is 0. The van der Waals surface area contributed by atoms with Crippen LogP contribution in [-0.4, -0.2) is 49.4 Å². The number of unbranched alkanes of at least 4 members (excludes halogenated alkanes) is 2. The summed E-state index contributed by atoms with van der Waals surface area (Å²) in [4.78, 5) is 2.61. The van der Waals surface area contributed by atoms with Crippen LogP contribution in [0.3, 0.4) is 0 Å². The third-order valence-corrected chi connectivity index (χ3v) is 4.10. The summed E-state index contributed by atoms with van der Waals surface area (Å²) in [7, 11) is 0. The lowest BCUT2D eigenvalue weighted by atomic mass is 10.2. The van der Waals surface area contributed by atoms with Crippen molar-refractivity contribution in [3.8, 4) is 5.75 Å². The number of nitrogens with one attached hydrogen (secondary N) is 1. The molecule has 0 heterocycles. The van der Waals surface area contributed by atoms with Gasteiger partial charge in [0.05, 0.1) is 6.61 Å². The predicted molar refractivity (Wildman–Crippen MR) is 116 cm³/mol. The maximum atomic E-state index is 8.74. The van der Waals surface area contributed by atoms with Gasteiger partial charge in [0.1, 0.15) is 12.4 Å². The van der Waals surface area contributed by atoms with E-state index < -0.39 is 0 Å². The molecule has 1 aromatic rings. The molecule has 0 radical (unpaired) electrons. The number of ether oxygens (including phenoxy) is 1. The first kappa shape index (κ1) is 27.7. The molecule has 0 aliphatic carbocycles. The first-order valence-electron chi connectivity index (χ1n) is 9.55. The lowest BCUT2D eigenvalue weighted by Crippen LogP contribution is -2.29. The van der Waals surface area contributed by atoms with Crippen molar-refractivity contribution in [2.75, 3.05) is 39.4 Å². The van der Waals surface area contributed by atoms with Gasteiger partial charge in [-0.25, -0.2) is 0 Å². The van der Waals surface area contributed by atoms with Crippen molar-refractivity contribution >= 4 is 24.8 Å². The van der Waals surface area contributed by atoms with E-state index >= 15 is 0 Å². The molecule has 0 saturated carbocycles. The second-order valence-electron chi connectivity index (χ2n) is 6.30. The molecule has 2 N–H and O–H groups in total. The fraction of sp³-hybridized carbons (Fsp3) is 0.700. The van der Waals surface area contributed by atoms with Crippen molar-refractivity contribution in [1.82, 2.24) is 10.2 Å². The largest absolute Gasteiger partial charge is 0.491 e. The Balaban J connectivity index is 0. The van der Waals surface area contributed by atoms with Gasteiger partial charge in [0, 0.05) is 6.54 Å². The van der Waals surface area contributed by atoms with Crippen LogP contribution in [0, 0.1) is 0 Å². The van der Waals surface area contributed by atoms with Crippen LogP contribution in [0.4, 0.5) is 0 Å². The third-order valence-electron chi connectivity index (χ3n) is 4.10. The third kappa shape index (κ3) is 13.7. The zero-order valence-corrected chi connectivity index (χ0v) is 18.0. The van der Waals surface area contributed by atoms with Crippen LogP contribution in [0.5, 0.6) is 5.75 Å². The molecular formula is C20H38Cl2N2O2. The Morgan fingerprint density at radius 1 is 0.923 bits per heavy atom. The summed E-state index contributed by atoms with van der Waals surface area (Å²) in [5.74, 6) is 0.815. The van der Waals surface area contributed by atoms with Crippen molar-refractivity contribution in [3.63, 3.8) is 0 Å². The van der Waals surface area contributed by atoms with Gasteiger partial charge in [-0.05, 0) is 63.1 Å². The Hall–Kier alpha value is -0.520. The van der Waals surface area contributed by atoms with Gasteiger partial charge < -0.3 is 20.1 Å². The SMILES string of the molecule is CCCCN(CCCC)CCCNCc1ccc(OCCO)cc1.Cl.Cl. The maximum Gasteiger partial charge on any atom is 0.119 e. The average molecular weight is 409 g/mol. The molecule has 0 atom stereocenters. The fourth-order valence-corrected chi connectivity index (χ4v) is 2.63. The molecule has 1 aromatic carbocycles. The predicted octanol–water partition coefficient (Wildman–Crippen LogP) is 4.28. The second kappa shape index (κ2) is 19.2. The highest BCUT2D eigenvalue weighted by Crippen LogP contribution is 2.11. The smallest absolute Gasteiger partial charge is 0.119 e. The number of aliphatic hydroxyl groups excluding tert-OH is 1. The van der Waals surface area contributed by atoms with E-state index in [9.17, 15) is 0 Å². The molecule has 0 aromatic heterocycles. The average Bonchev–Trinajstić information content (AvgIpc) is 2.62. The molecule has 26 heavy (non-hydrogen) atoms. The quantitative estimate of drug-likeness (QED) is 0.425. The zero-order chi connectivity index (χ0) is 17.5. The summed E-state index contributed by atoms with van der Waals surface area (Å²) in [5, 5.41) is 12.3. The van der Waals surface area contributed by atoms with Crippen LogP contribution in [0.2, 0.25) is 0 Å². The molecule has 0 spiro atoms. The number of aliphatic hydroxyl groups is 1. The number of halogens is 2. The molecule has 0 aliphatic heterocycles. The van der Waals surface area contributed by atoms with Crippen molar-refractivity contribution in [1.29, 1.82) is 0 Å². The molecule has 0 unspecified atom stereocenters. The highest BCUT2D eigenvalue weighted by atomic mass is 35.5. The molecule has 154 valence electrons. The minimum absolute atomic E-state index is 0.